The number of thioether (sulfide) groups is 1. The highest BCUT2D eigenvalue weighted by Crippen LogP contribution is 2.16. The lowest BCUT2D eigenvalue weighted by atomic mass is 10.3. The quantitative estimate of drug-likeness (QED) is 0.363. The van der Waals surface area contributed by atoms with Gasteiger partial charge in [0.1, 0.15) is 12.4 Å². The van der Waals surface area contributed by atoms with Crippen LogP contribution in [0.3, 0.4) is 0 Å². The van der Waals surface area contributed by atoms with E-state index in [-0.39, 0.29) is 5.91 Å². The number of hydrazine groups is 2. The van der Waals surface area contributed by atoms with Crippen LogP contribution in [-0.4, -0.2) is 16.2 Å². The molecule has 0 aliphatic rings. The molecule has 3 rings (SSSR count). The van der Waals surface area contributed by atoms with E-state index in [0.29, 0.717) is 12.4 Å². The Bertz CT molecular complexity index is 822. The van der Waals surface area contributed by atoms with Gasteiger partial charge in [0.2, 0.25) is 12.2 Å². The summed E-state index contributed by atoms with van der Waals surface area (Å²) in [6.07, 6.45) is 5.89. The van der Waals surface area contributed by atoms with Crippen molar-refractivity contribution in [2.75, 3.05) is 10.9 Å². The monoisotopic (exact) mass is 368 g/mol. The van der Waals surface area contributed by atoms with Gasteiger partial charge in [-0.15, -0.1) is 11.8 Å². The van der Waals surface area contributed by atoms with Crippen molar-refractivity contribution in [1.82, 2.24) is 15.4 Å². The van der Waals surface area contributed by atoms with Crippen LogP contribution in [-0.2, 0) is 18.5 Å². The maximum Gasteiger partial charge on any atom is 0.250 e. The number of hydrogen-bond donors (Lipinski definition) is 2. The van der Waals surface area contributed by atoms with Crippen LogP contribution in [0.5, 0.6) is 0 Å². The maximum atomic E-state index is 12.4. The van der Waals surface area contributed by atoms with Crippen molar-refractivity contribution < 1.29 is 9.36 Å². The fourth-order valence-corrected chi connectivity index (χ4v) is 3.05. The van der Waals surface area contributed by atoms with Gasteiger partial charge in [-0.2, -0.15) is 5.43 Å². The predicted octanol–water partition coefficient (Wildman–Crippen LogP) is 2.10. The van der Waals surface area contributed by atoms with Gasteiger partial charge in [0.15, 0.2) is 6.67 Å². The Labute approximate surface area is 157 Å². The van der Waals surface area contributed by atoms with Crippen molar-refractivity contribution in [2.24, 2.45) is 7.05 Å². The number of nitrogens with zero attached hydrogens (tertiary/aromatic N) is 3. The van der Waals surface area contributed by atoms with E-state index in [9.17, 15) is 4.79 Å². The molecule has 0 saturated heterocycles. The molecule has 26 heavy (non-hydrogen) atoms. The molecule has 0 saturated carbocycles. The van der Waals surface area contributed by atoms with Crippen LogP contribution in [0.25, 0.3) is 0 Å². The number of nitrogens with one attached hydrogen (secondary N) is 2. The van der Waals surface area contributed by atoms with Crippen LogP contribution in [0.15, 0.2) is 84.3 Å². The first-order chi connectivity index (χ1) is 12.7. The number of amides is 1. The molecule has 0 bridgehead atoms. The van der Waals surface area contributed by atoms with Gasteiger partial charge < -0.3 is 0 Å². The highest BCUT2D eigenvalue weighted by atomic mass is 32.2. The molecular formula is C19H22N5OS+. The van der Waals surface area contributed by atoms with Gasteiger partial charge in [0.05, 0.1) is 18.5 Å². The summed E-state index contributed by atoms with van der Waals surface area (Å²) in [4.78, 5) is 13.5. The largest absolute Gasteiger partial charge is 0.272 e. The average Bonchev–Trinajstić information content (AvgIpc) is 3.10. The van der Waals surface area contributed by atoms with Crippen LogP contribution >= 0.6 is 11.8 Å². The van der Waals surface area contributed by atoms with Crippen molar-refractivity contribution in [3.8, 4) is 0 Å². The summed E-state index contributed by atoms with van der Waals surface area (Å²) < 4.78 is 3.95. The number of anilines is 1. The van der Waals surface area contributed by atoms with Gasteiger partial charge in [-0.3, -0.25) is 10.2 Å². The second-order valence-corrected chi connectivity index (χ2v) is 6.77. The van der Waals surface area contributed by atoms with E-state index in [1.807, 2.05) is 95.6 Å². The van der Waals surface area contributed by atoms with Gasteiger partial charge in [0, 0.05) is 4.90 Å². The Morgan fingerprint density at radius 3 is 2.46 bits per heavy atom. The molecule has 1 amide bonds. The number of carbonyl (C=O) groups is 1. The number of aromatic nitrogens is 2. The summed E-state index contributed by atoms with van der Waals surface area (Å²) in [5.41, 5.74) is 7.02. The third-order valence-corrected chi connectivity index (χ3v) is 4.61. The lowest BCUT2D eigenvalue weighted by Crippen LogP contribution is -2.52. The van der Waals surface area contributed by atoms with Crippen LogP contribution < -0.4 is 20.5 Å². The minimum absolute atomic E-state index is 0.0757. The van der Waals surface area contributed by atoms with E-state index in [4.69, 9.17) is 0 Å². The number of hydrogen-bond acceptors (Lipinski definition) is 4. The second kappa shape index (κ2) is 9.07. The number of imidazole rings is 1. The van der Waals surface area contributed by atoms with Crippen LogP contribution in [0.4, 0.5) is 5.69 Å². The summed E-state index contributed by atoms with van der Waals surface area (Å²) in [7, 11) is 1.97. The van der Waals surface area contributed by atoms with Crippen molar-refractivity contribution in [1.29, 1.82) is 0 Å². The molecule has 0 fully saturated rings. The molecule has 0 atom stereocenters. The molecule has 7 heteroatoms. The zero-order valence-corrected chi connectivity index (χ0v) is 15.4. The molecule has 0 aliphatic heterocycles. The van der Waals surface area contributed by atoms with Gasteiger partial charge in [-0.05, 0) is 24.3 Å². The van der Waals surface area contributed by atoms with E-state index in [0.717, 1.165) is 10.6 Å². The number of rotatable bonds is 8. The van der Waals surface area contributed by atoms with Gasteiger partial charge in [0.25, 0.3) is 0 Å². The minimum Gasteiger partial charge on any atom is -0.272 e. The molecule has 0 aliphatic carbocycles. The molecule has 2 N–H and O–H groups in total. The first-order valence-corrected chi connectivity index (χ1v) is 9.26. The first kappa shape index (κ1) is 18.0. The summed E-state index contributed by atoms with van der Waals surface area (Å²) in [5, 5.41) is 1.66. The number of para-hydroxylation sites is 1. The standard InChI is InChI=1S/C19H21N5OS/c1-22-12-13-23(16-22)15-20-24(17-8-4-2-5-9-17)21-19(25)14-26-18-10-6-3-7-11-18/h2-13,16,20H,14-15H2,1H3/p+1. The fourth-order valence-electron chi connectivity index (χ4n) is 2.34. The van der Waals surface area contributed by atoms with Crippen molar-refractivity contribution >= 4 is 23.4 Å². The minimum atomic E-state index is -0.0757. The highest BCUT2D eigenvalue weighted by Gasteiger charge is 2.12. The SMILES string of the molecule is C[n+]1ccn(CNN(NC(=O)CSc2ccccc2)c2ccccc2)c1. The third-order valence-electron chi connectivity index (χ3n) is 3.60. The Morgan fingerprint density at radius 1 is 1.12 bits per heavy atom. The van der Waals surface area contributed by atoms with E-state index < -0.39 is 0 Å². The molecule has 1 heterocycles. The molecule has 1 aromatic heterocycles. The van der Waals surface area contributed by atoms with E-state index >= 15 is 0 Å². The van der Waals surface area contributed by atoms with E-state index in [1.54, 1.807) is 5.12 Å². The summed E-state index contributed by atoms with van der Waals surface area (Å²) in [5.74, 6) is 0.265. The molecule has 3 aromatic rings. The van der Waals surface area contributed by atoms with Crippen LogP contribution in [0, 0.1) is 0 Å². The normalized spacial score (nSPS) is 10.5. The molecule has 6 nitrogen and oxygen atoms in total. The van der Waals surface area contributed by atoms with Gasteiger partial charge >= 0.3 is 0 Å². The Hall–Kier alpha value is -2.77. The average molecular weight is 368 g/mol. The molecular weight excluding hydrogens is 346 g/mol. The second-order valence-electron chi connectivity index (χ2n) is 5.72. The number of aryl methyl sites for hydroxylation is 1. The topological polar surface area (TPSA) is 53.2 Å². The first-order valence-electron chi connectivity index (χ1n) is 8.28. The molecule has 2 aromatic carbocycles. The third kappa shape index (κ3) is 5.37. The Balaban J connectivity index is 1.60. The smallest absolute Gasteiger partial charge is 0.250 e. The molecule has 0 spiro atoms. The van der Waals surface area contributed by atoms with Crippen LogP contribution in [0.2, 0.25) is 0 Å². The fraction of sp³-hybridized carbons (Fsp3) is 0.158. The summed E-state index contributed by atoms with van der Waals surface area (Å²) in [6.45, 7) is 0.530. The van der Waals surface area contributed by atoms with Gasteiger partial charge in [-0.1, -0.05) is 36.4 Å². The summed E-state index contributed by atoms with van der Waals surface area (Å²) in [6, 6.07) is 19.6. The van der Waals surface area contributed by atoms with Crippen molar-refractivity contribution in [3.05, 3.63) is 79.4 Å². The van der Waals surface area contributed by atoms with Crippen molar-refractivity contribution in [2.45, 2.75) is 11.6 Å². The number of carbonyl (C=O) groups excluding carboxylic acids is 1. The molecule has 134 valence electrons. The summed E-state index contributed by atoms with van der Waals surface area (Å²) >= 11 is 1.51. The lowest BCUT2D eigenvalue weighted by Gasteiger charge is -2.25. The lowest BCUT2D eigenvalue weighted by molar-refractivity contribution is -0.671. The van der Waals surface area contributed by atoms with Crippen LogP contribution in [0.1, 0.15) is 0 Å². The Morgan fingerprint density at radius 2 is 1.81 bits per heavy atom. The maximum absolute atomic E-state index is 12.4. The Kier molecular flexibility index (Phi) is 6.29. The van der Waals surface area contributed by atoms with E-state index in [1.165, 1.54) is 11.8 Å². The van der Waals surface area contributed by atoms with E-state index in [2.05, 4.69) is 10.9 Å². The number of benzene rings is 2. The zero-order chi connectivity index (χ0) is 18.2. The van der Waals surface area contributed by atoms with Crippen molar-refractivity contribution in [3.63, 3.8) is 0 Å². The predicted molar refractivity (Wildman–Crippen MR) is 103 cm³/mol. The zero-order valence-electron chi connectivity index (χ0n) is 14.6. The van der Waals surface area contributed by atoms with Gasteiger partial charge in [-0.25, -0.2) is 14.3 Å². The highest BCUT2D eigenvalue weighted by molar-refractivity contribution is 8.00. The molecule has 0 radical (unpaired) electrons. The molecule has 0 unspecified atom stereocenters.